The van der Waals surface area contributed by atoms with E-state index < -0.39 is 24.5 Å². The first kappa shape index (κ1) is 13.1. The predicted octanol–water partition coefficient (Wildman–Crippen LogP) is -2.59. The average molecular weight is 243 g/mol. The number of hydrogen-bond donors (Lipinski definition) is 4. The second-order valence-corrected chi connectivity index (χ2v) is 3.20. The molecule has 1 rings (SSSR count). The number of aliphatic hydroxyl groups excluding tert-OH is 1. The molecule has 1 aromatic heterocycles. The van der Waals surface area contributed by atoms with Gasteiger partial charge in [0.05, 0.1) is 19.3 Å². The van der Waals surface area contributed by atoms with E-state index >= 15 is 0 Å². The van der Waals surface area contributed by atoms with Crippen LogP contribution in [-0.4, -0.2) is 56.3 Å². The van der Waals surface area contributed by atoms with Gasteiger partial charge in [0.2, 0.25) is 0 Å². The van der Waals surface area contributed by atoms with Crippen LogP contribution in [0, 0.1) is 0 Å². The highest BCUT2D eigenvalue weighted by molar-refractivity contribution is 5.94. The van der Waals surface area contributed by atoms with E-state index in [4.69, 9.17) is 15.9 Å². The number of nitrogens with zero attached hydrogens (tertiary/aromatic N) is 3. The number of aliphatic hydroxyl groups is 1. The van der Waals surface area contributed by atoms with E-state index in [1.807, 2.05) is 0 Å². The van der Waals surface area contributed by atoms with Gasteiger partial charge in [-0.05, 0) is 0 Å². The van der Waals surface area contributed by atoms with E-state index in [1.54, 1.807) is 0 Å². The van der Waals surface area contributed by atoms with E-state index in [0.717, 1.165) is 0 Å². The van der Waals surface area contributed by atoms with Crippen molar-refractivity contribution in [3.8, 4) is 0 Å². The molecule has 1 unspecified atom stereocenters. The van der Waals surface area contributed by atoms with Crippen molar-refractivity contribution < 1.29 is 19.8 Å². The number of aromatic nitrogens is 3. The van der Waals surface area contributed by atoms with Crippen molar-refractivity contribution in [1.82, 2.24) is 20.3 Å². The van der Waals surface area contributed by atoms with Crippen LogP contribution >= 0.6 is 0 Å². The highest BCUT2D eigenvalue weighted by atomic mass is 16.4. The Labute approximate surface area is 96.2 Å². The molecule has 94 valence electrons. The van der Waals surface area contributed by atoms with E-state index in [-0.39, 0.29) is 5.69 Å². The SMILES string of the molecule is NCCn1cc(C(=O)NC(CO)C(=O)O)nn1. The summed E-state index contributed by atoms with van der Waals surface area (Å²) in [6.07, 6.45) is 1.35. The summed E-state index contributed by atoms with van der Waals surface area (Å²) < 4.78 is 1.36. The summed E-state index contributed by atoms with van der Waals surface area (Å²) in [5, 5.41) is 26.6. The summed E-state index contributed by atoms with van der Waals surface area (Å²) in [4.78, 5) is 22.1. The van der Waals surface area contributed by atoms with Gasteiger partial charge in [0, 0.05) is 6.54 Å². The number of rotatable bonds is 6. The minimum Gasteiger partial charge on any atom is -0.480 e. The van der Waals surface area contributed by atoms with Crippen LogP contribution in [-0.2, 0) is 11.3 Å². The zero-order valence-electron chi connectivity index (χ0n) is 8.91. The smallest absolute Gasteiger partial charge is 0.328 e. The highest BCUT2D eigenvalue weighted by Gasteiger charge is 2.21. The fourth-order valence-corrected chi connectivity index (χ4v) is 1.06. The summed E-state index contributed by atoms with van der Waals surface area (Å²) in [5.41, 5.74) is 5.26. The van der Waals surface area contributed by atoms with Crippen molar-refractivity contribution >= 4 is 11.9 Å². The lowest BCUT2D eigenvalue weighted by atomic mass is 10.3. The van der Waals surface area contributed by atoms with Crippen LogP contribution in [0.5, 0.6) is 0 Å². The molecule has 0 aliphatic carbocycles. The standard InChI is InChI=1S/C8H13N5O4/c9-1-2-13-3-5(11-12-13)7(15)10-6(4-14)8(16)17/h3,6,14H,1-2,4,9H2,(H,10,15)(H,16,17). The fourth-order valence-electron chi connectivity index (χ4n) is 1.06. The monoisotopic (exact) mass is 243 g/mol. The van der Waals surface area contributed by atoms with E-state index in [9.17, 15) is 9.59 Å². The van der Waals surface area contributed by atoms with Crippen molar-refractivity contribution in [2.45, 2.75) is 12.6 Å². The van der Waals surface area contributed by atoms with Gasteiger partial charge in [-0.15, -0.1) is 5.10 Å². The summed E-state index contributed by atoms with van der Waals surface area (Å²) in [7, 11) is 0. The van der Waals surface area contributed by atoms with Crippen LogP contribution in [0.25, 0.3) is 0 Å². The third-order valence-electron chi connectivity index (χ3n) is 1.92. The third kappa shape index (κ3) is 3.50. The fraction of sp³-hybridized carbons (Fsp3) is 0.500. The number of nitrogens with two attached hydrogens (primary N) is 1. The molecule has 0 saturated carbocycles. The number of carboxylic acid groups (broad SMARTS) is 1. The zero-order chi connectivity index (χ0) is 12.8. The molecular formula is C8H13N5O4. The number of aliphatic carboxylic acids is 1. The van der Waals surface area contributed by atoms with Crippen molar-refractivity contribution in [3.05, 3.63) is 11.9 Å². The molecule has 1 heterocycles. The van der Waals surface area contributed by atoms with Crippen LogP contribution in [0.4, 0.5) is 0 Å². The van der Waals surface area contributed by atoms with E-state index in [0.29, 0.717) is 13.1 Å². The van der Waals surface area contributed by atoms with Crippen LogP contribution in [0.2, 0.25) is 0 Å². The van der Waals surface area contributed by atoms with Gasteiger partial charge in [-0.25, -0.2) is 4.79 Å². The van der Waals surface area contributed by atoms with Crippen molar-refractivity contribution in [1.29, 1.82) is 0 Å². The average Bonchev–Trinajstić information content (AvgIpc) is 2.74. The Balaban J connectivity index is 2.65. The lowest BCUT2D eigenvalue weighted by Crippen LogP contribution is -2.43. The largest absolute Gasteiger partial charge is 0.480 e. The molecule has 9 nitrogen and oxygen atoms in total. The summed E-state index contributed by atoms with van der Waals surface area (Å²) in [6, 6.07) is -1.36. The lowest BCUT2D eigenvalue weighted by Gasteiger charge is -2.09. The number of nitrogens with one attached hydrogen (secondary N) is 1. The molecule has 1 atom stereocenters. The molecule has 0 radical (unpaired) electrons. The van der Waals surface area contributed by atoms with Crippen molar-refractivity contribution in [2.24, 2.45) is 5.73 Å². The van der Waals surface area contributed by atoms with Crippen LogP contribution in [0.15, 0.2) is 6.20 Å². The number of carbonyl (C=O) groups excluding carboxylic acids is 1. The first-order valence-corrected chi connectivity index (χ1v) is 4.83. The van der Waals surface area contributed by atoms with Gasteiger partial charge in [-0.3, -0.25) is 9.48 Å². The number of carboxylic acids is 1. The van der Waals surface area contributed by atoms with Crippen molar-refractivity contribution in [3.63, 3.8) is 0 Å². The zero-order valence-corrected chi connectivity index (χ0v) is 8.91. The second-order valence-electron chi connectivity index (χ2n) is 3.20. The Hall–Kier alpha value is -2.00. The lowest BCUT2D eigenvalue weighted by molar-refractivity contribution is -0.140. The quantitative estimate of drug-likeness (QED) is 0.429. The number of amides is 1. The Morgan fingerprint density at radius 2 is 2.29 bits per heavy atom. The molecule has 0 aromatic carbocycles. The topological polar surface area (TPSA) is 143 Å². The summed E-state index contributed by atoms with van der Waals surface area (Å²) in [5.74, 6) is -2.04. The van der Waals surface area contributed by atoms with Gasteiger partial charge in [0.15, 0.2) is 11.7 Å². The van der Waals surface area contributed by atoms with Gasteiger partial charge in [0.25, 0.3) is 5.91 Å². The molecule has 0 fully saturated rings. The number of carbonyl (C=O) groups is 2. The first-order valence-electron chi connectivity index (χ1n) is 4.83. The van der Waals surface area contributed by atoms with Gasteiger partial charge in [-0.2, -0.15) is 0 Å². The molecule has 0 aliphatic rings. The van der Waals surface area contributed by atoms with E-state index in [2.05, 4.69) is 15.6 Å². The van der Waals surface area contributed by atoms with Gasteiger partial charge in [-0.1, -0.05) is 5.21 Å². The Morgan fingerprint density at radius 3 is 2.82 bits per heavy atom. The van der Waals surface area contributed by atoms with Gasteiger partial charge >= 0.3 is 5.97 Å². The maximum absolute atomic E-state index is 11.5. The Bertz CT molecular complexity index is 404. The molecule has 1 aromatic rings. The second kappa shape index (κ2) is 5.92. The first-order chi connectivity index (χ1) is 8.08. The molecule has 9 heteroatoms. The predicted molar refractivity (Wildman–Crippen MR) is 55.1 cm³/mol. The molecule has 0 bridgehead atoms. The maximum Gasteiger partial charge on any atom is 0.328 e. The Morgan fingerprint density at radius 1 is 1.59 bits per heavy atom. The Kier molecular flexibility index (Phi) is 4.55. The maximum atomic E-state index is 11.5. The van der Waals surface area contributed by atoms with Crippen LogP contribution in [0.1, 0.15) is 10.5 Å². The normalized spacial score (nSPS) is 12.1. The molecule has 17 heavy (non-hydrogen) atoms. The van der Waals surface area contributed by atoms with Crippen LogP contribution < -0.4 is 11.1 Å². The minimum atomic E-state index is -1.36. The molecule has 0 spiro atoms. The molecule has 1 amide bonds. The molecule has 0 saturated heterocycles. The summed E-state index contributed by atoms with van der Waals surface area (Å²) in [6.45, 7) is 0.0550. The van der Waals surface area contributed by atoms with Gasteiger partial charge < -0.3 is 21.3 Å². The van der Waals surface area contributed by atoms with E-state index in [1.165, 1.54) is 10.9 Å². The summed E-state index contributed by atoms with van der Waals surface area (Å²) >= 11 is 0. The van der Waals surface area contributed by atoms with Gasteiger partial charge in [0.1, 0.15) is 0 Å². The minimum absolute atomic E-state index is 0.0295. The third-order valence-corrected chi connectivity index (χ3v) is 1.92. The molecule has 0 aliphatic heterocycles. The number of hydrogen-bond acceptors (Lipinski definition) is 6. The van der Waals surface area contributed by atoms with Crippen LogP contribution in [0.3, 0.4) is 0 Å². The highest BCUT2D eigenvalue weighted by Crippen LogP contribution is 1.94. The molecule has 5 N–H and O–H groups in total. The van der Waals surface area contributed by atoms with Crippen molar-refractivity contribution in [2.75, 3.05) is 13.2 Å². The molecular weight excluding hydrogens is 230 g/mol.